The first-order valence-corrected chi connectivity index (χ1v) is 9.20. The summed E-state index contributed by atoms with van der Waals surface area (Å²) in [4.78, 5) is 13.4. The van der Waals surface area contributed by atoms with Crippen LogP contribution in [0.15, 0.2) is 59.4 Å². The maximum absolute atomic E-state index is 13.4. The average Bonchev–Trinajstić information content (AvgIpc) is 2.95. The van der Waals surface area contributed by atoms with Crippen LogP contribution in [0.2, 0.25) is 0 Å². The predicted octanol–water partition coefficient (Wildman–Crippen LogP) is 5.17. The van der Waals surface area contributed by atoms with Gasteiger partial charge in [0.2, 0.25) is 0 Å². The monoisotopic (exact) mass is 329 g/mol. The highest BCUT2D eigenvalue weighted by Crippen LogP contribution is 2.67. The quantitative estimate of drug-likeness (QED) is 0.604. The van der Waals surface area contributed by atoms with Gasteiger partial charge in [-0.15, -0.1) is 0 Å². The van der Waals surface area contributed by atoms with Gasteiger partial charge in [0.05, 0.1) is 5.52 Å². The largest absolute Gasteiger partial charge is 0.312 e. The molecule has 0 spiro atoms. The van der Waals surface area contributed by atoms with Crippen LogP contribution in [0.3, 0.4) is 0 Å². The van der Waals surface area contributed by atoms with Crippen molar-refractivity contribution in [2.24, 2.45) is 5.41 Å². The van der Waals surface area contributed by atoms with E-state index in [1.165, 1.54) is 5.69 Å². The number of benzene rings is 2. The lowest BCUT2D eigenvalue weighted by atomic mass is 9.70. The van der Waals surface area contributed by atoms with Crippen molar-refractivity contribution in [2.45, 2.75) is 44.9 Å². The molecule has 2 bridgehead atoms. The number of nitrogens with zero attached hydrogens (tertiary/aromatic N) is 1. The Bertz CT molecular complexity index is 1060. The number of hydrogen-bond acceptors (Lipinski definition) is 1. The van der Waals surface area contributed by atoms with E-state index >= 15 is 0 Å². The van der Waals surface area contributed by atoms with Gasteiger partial charge in [-0.3, -0.25) is 4.79 Å². The van der Waals surface area contributed by atoms with Gasteiger partial charge in [0, 0.05) is 27.7 Å². The number of pyridine rings is 1. The summed E-state index contributed by atoms with van der Waals surface area (Å²) in [6.07, 6.45) is 2.28. The first-order valence-electron chi connectivity index (χ1n) is 9.20. The van der Waals surface area contributed by atoms with Crippen LogP contribution in [-0.2, 0) is 5.41 Å². The van der Waals surface area contributed by atoms with Crippen LogP contribution in [0.4, 0.5) is 0 Å². The molecule has 2 unspecified atom stereocenters. The van der Waals surface area contributed by atoms with Gasteiger partial charge in [-0.1, -0.05) is 51.1 Å². The van der Waals surface area contributed by atoms with E-state index in [0.29, 0.717) is 5.92 Å². The molecule has 1 saturated carbocycles. The lowest BCUT2D eigenvalue weighted by Crippen LogP contribution is -2.34. The molecule has 3 aromatic rings. The van der Waals surface area contributed by atoms with Crippen molar-refractivity contribution in [1.29, 1.82) is 0 Å². The molecule has 25 heavy (non-hydrogen) atoms. The van der Waals surface area contributed by atoms with Crippen molar-refractivity contribution in [2.75, 3.05) is 0 Å². The molecule has 2 atom stereocenters. The minimum absolute atomic E-state index is 0.0338. The van der Waals surface area contributed by atoms with Crippen molar-refractivity contribution in [1.82, 2.24) is 4.57 Å². The van der Waals surface area contributed by atoms with Gasteiger partial charge in [-0.05, 0) is 48.4 Å². The van der Waals surface area contributed by atoms with Gasteiger partial charge in [-0.25, -0.2) is 0 Å². The van der Waals surface area contributed by atoms with E-state index in [2.05, 4.69) is 55.7 Å². The van der Waals surface area contributed by atoms with E-state index < -0.39 is 0 Å². The fourth-order valence-corrected chi connectivity index (χ4v) is 5.50. The van der Waals surface area contributed by atoms with E-state index in [9.17, 15) is 4.79 Å². The SMILES string of the molecule is CC12CCC(c3c1n(-c1ccccc1)c1ccccc1c3=O)C2(C)C. The number of para-hydroxylation sites is 2. The fourth-order valence-electron chi connectivity index (χ4n) is 5.50. The normalized spacial score (nSPS) is 26.1. The smallest absolute Gasteiger partial charge is 0.193 e. The number of aromatic nitrogens is 1. The summed E-state index contributed by atoms with van der Waals surface area (Å²) in [5, 5.41) is 0.844. The molecule has 0 N–H and O–H groups in total. The standard InChI is InChI=1S/C23H23NO/c1-22(2)17-13-14-23(22,3)21-19(17)20(25)16-11-7-8-12-18(16)24(21)15-9-5-4-6-10-15/h4-12,17H,13-14H2,1-3H3. The summed E-state index contributed by atoms with van der Waals surface area (Å²) in [6, 6.07) is 18.6. The lowest BCUT2D eigenvalue weighted by molar-refractivity contribution is 0.225. The molecule has 0 radical (unpaired) electrons. The molecule has 2 aliphatic carbocycles. The Balaban J connectivity index is 2.03. The Labute approximate surface area is 148 Å². The Morgan fingerprint density at radius 2 is 1.64 bits per heavy atom. The van der Waals surface area contributed by atoms with Crippen molar-refractivity contribution in [3.05, 3.63) is 76.1 Å². The zero-order chi connectivity index (χ0) is 17.4. The zero-order valence-corrected chi connectivity index (χ0v) is 15.0. The summed E-state index contributed by atoms with van der Waals surface area (Å²) in [5.41, 5.74) is 4.90. The van der Waals surface area contributed by atoms with Crippen molar-refractivity contribution in [3.8, 4) is 5.69 Å². The van der Waals surface area contributed by atoms with Gasteiger partial charge >= 0.3 is 0 Å². The second kappa shape index (κ2) is 4.63. The zero-order valence-electron chi connectivity index (χ0n) is 15.0. The van der Waals surface area contributed by atoms with Crippen LogP contribution in [0.25, 0.3) is 16.6 Å². The van der Waals surface area contributed by atoms with Gasteiger partial charge < -0.3 is 4.57 Å². The van der Waals surface area contributed by atoms with E-state index in [-0.39, 0.29) is 16.3 Å². The third-order valence-electron chi connectivity index (χ3n) is 7.22. The molecule has 0 aliphatic heterocycles. The first kappa shape index (κ1) is 14.9. The first-order chi connectivity index (χ1) is 12.0. The predicted molar refractivity (Wildman–Crippen MR) is 103 cm³/mol. The molecule has 5 rings (SSSR count). The van der Waals surface area contributed by atoms with Crippen LogP contribution in [-0.4, -0.2) is 4.57 Å². The van der Waals surface area contributed by atoms with Gasteiger partial charge in [-0.2, -0.15) is 0 Å². The molecule has 0 amide bonds. The second-order valence-electron chi connectivity index (χ2n) is 8.42. The molecule has 2 heteroatoms. The van der Waals surface area contributed by atoms with Crippen LogP contribution >= 0.6 is 0 Å². The fraction of sp³-hybridized carbons (Fsp3) is 0.348. The summed E-state index contributed by atoms with van der Waals surface area (Å²) in [7, 11) is 0. The van der Waals surface area contributed by atoms with Crippen molar-refractivity contribution in [3.63, 3.8) is 0 Å². The molecular formula is C23H23NO. The Kier molecular flexibility index (Phi) is 2.77. The lowest BCUT2D eigenvalue weighted by Gasteiger charge is -2.36. The van der Waals surface area contributed by atoms with E-state index in [1.54, 1.807) is 0 Å². The summed E-state index contributed by atoms with van der Waals surface area (Å²) in [5.74, 6) is 0.361. The molecule has 126 valence electrons. The Morgan fingerprint density at radius 1 is 0.960 bits per heavy atom. The minimum atomic E-state index is 0.0338. The number of fused-ring (bicyclic) bond motifs is 6. The number of rotatable bonds is 1. The third kappa shape index (κ3) is 1.63. The topological polar surface area (TPSA) is 22.0 Å². The Morgan fingerprint density at radius 3 is 2.40 bits per heavy atom. The maximum atomic E-state index is 13.4. The highest BCUT2D eigenvalue weighted by atomic mass is 16.1. The molecule has 2 nitrogen and oxygen atoms in total. The maximum Gasteiger partial charge on any atom is 0.193 e. The molecule has 1 fully saturated rings. The second-order valence-corrected chi connectivity index (χ2v) is 8.42. The van der Waals surface area contributed by atoms with E-state index in [0.717, 1.165) is 35.0 Å². The van der Waals surface area contributed by atoms with Crippen LogP contribution in [0.1, 0.15) is 50.8 Å². The van der Waals surface area contributed by atoms with Crippen molar-refractivity contribution < 1.29 is 0 Å². The molecule has 0 saturated heterocycles. The molecular weight excluding hydrogens is 306 g/mol. The summed E-state index contributed by atoms with van der Waals surface area (Å²) in [6.45, 7) is 7.07. The highest BCUT2D eigenvalue weighted by Gasteiger charge is 2.61. The molecule has 1 heterocycles. The third-order valence-corrected chi connectivity index (χ3v) is 7.22. The molecule has 2 aliphatic rings. The molecule has 2 aromatic carbocycles. The van der Waals surface area contributed by atoms with Crippen LogP contribution < -0.4 is 5.43 Å². The van der Waals surface area contributed by atoms with E-state index in [4.69, 9.17) is 0 Å². The summed E-state index contributed by atoms with van der Waals surface area (Å²) >= 11 is 0. The molecule has 1 aromatic heterocycles. The number of hydrogen-bond donors (Lipinski definition) is 0. The van der Waals surface area contributed by atoms with Gasteiger partial charge in [0.25, 0.3) is 0 Å². The van der Waals surface area contributed by atoms with Gasteiger partial charge in [0.15, 0.2) is 5.43 Å². The Hall–Kier alpha value is -2.35. The van der Waals surface area contributed by atoms with Crippen molar-refractivity contribution >= 4 is 10.9 Å². The average molecular weight is 329 g/mol. The minimum Gasteiger partial charge on any atom is -0.312 e. The van der Waals surface area contributed by atoms with Gasteiger partial charge in [0.1, 0.15) is 0 Å². The van der Waals surface area contributed by atoms with Crippen LogP contribution in [0.5, 0.6) is 0 Å². The highest BCUT2D eigenvalue weighted by molar-refractivity contribution is 5.83. The van der Waals surface area contributed by atoms with Crippen LogP contribution in [0, 0.1) is 5.41 Å². The van der Waals surface area contributed by atoms with E-state index in [1.807, 2.05) is 24.3 Å². The summed E-state index contributed by atoms with van der Waals surface area (Å²) < 4.78 is 2.37.